The predicted molar refractivity (Wildman–Crippen MR) is 106 cm³/mol. The van der Waals surface area contributed by atoms with Crippen molar-refractivity contribution in [3.05, 3.63) is 76.9 Å². The third kappa shape index (κ3) is 3.71. The third-order valence-corrected chi connectivity index (χ3v) is 5.08. The van der Waals surface area contributed by atoms with Crippen LogP contribution in [0.1, 0.15) is 22.4 Å². The van der Waals surface area contributed by atoms with Crippen LogP contribution in [0.2, 0.25) is 0 Å². The van der Waals surface area contributed by atoms with E-state index in [1.165, 1.54) is 17.7 Å². The molecule has 2 aromatic carbocycles. The molecule has 0 radical (unpaired) electrons. The summed E-state index contributed by atoms with van der Waals surface area (Å²) in [7, 11) is 0. The topological polar surface area (TPSA) is 58.1 Å². The molecule has 0 spiro atoms. The molecule has 2 amide bonds. The summed E-state index contributed by atoms with van der Waals surface area (Å²) < 4.78 is 13.1. The number of aryl methyl sites for hydroxylation is 2. The minimum atomic E-state index is -0.285. The molecule has 0 fully saturated rings. The van der Waals surface area contributed by atoms with Gasteiger partial charge in [-0.3, -0.25) is 0 Å². The van der Waals surface area contributed by atoms with E-state index in [1.807, 2.05) is 32.0 Å². The number of anilines is 1. The number of urea groups is 1. The molecule has 0 saturated heterocycles. The Labute approximate surface area is 163 Å². The van der Waals surface area contributed by atoms with E-state index in [1.54, 1.807) is 23.2 Å². The molecule has 142 valence electrons. The lowest BCUT2D eigenvalue weighted by molar-refractivity contribution is 0.206. The molecule has 3 aromatic rings. The van der Waals surface area contributed by atoms with Crippen LogP contribution in [0.3, 0.4) is 0 Å². The Balaban J connectivity index is 1.47. The molecule has 4 rings (SSSR count). The Bertz CT molecular complexity index is 1030. The van der Waals surface area contributed by atoms with Crippen molar-refractivity contribution in [3.8, 4) is 11.4 Å². The quantitative estimate of drug-likeness (QED) is 0.717. The minimum absolute atomic E-state index is 0.128. The number of carbonyl (C=O) groups excluding carboxylic acids is 1. The summed E-state index contributed by atoms with van der Waals surface area (Å²) in [6.45, 7) is 5.13. The largest absolute Gasteiger partial charge is 0.322 e. The molecular weight excluding hydrogens is 355 g/mol. The Morgan fingerprint density at radius 3 is 2.64 bits per heavy atom. The predicted octanol–water partition coefficient (Wildman–Crippen LogP) is 4.49. The highest BCUT2D eigenvalue weighted by Gasteiger charge is 2.22. The standard InChI is InChI=1S/C22H21FN4O/c1-14-3-8-19(11-15(14)2)25-22(28)27-10-9-20-17(13-27)12-24-21(26-20)16-4-6-18(23)7-5-16/h3-8,11-12H,9-10,13H2,1-2H3,(H,25,28). The number of nitrogens with one attached hydrogen (secondary N) is 1. The molecule has 28 heavy (non-hydrogen) atoms. The molecular formula is C22H21FN4O. The van der Waals surface area contributed by atoms with Crippen molar-refractivity contribution in [2.45, 2.75) is 26.8 Å². The lowest BCUT2D eigenvalue weighted by atomic mass is 10.1. The number of hydrogen-bond donors (Lipinski definition) is 1. The Kier molecular flexibility index (Phi) is 4.77. The summed E-state index contributed by atoms with van der Waals surface area (Å²) in [5.41, 5.74) is 5.78. The van der Waals surface area contributed by atoms with E-state index in [-0.39, 0.29) is 11.8 Å². The van der Waals surface area contributed by atoms with Crippen molar-refractivity contribution >= 4 is 11.7 Å². The van der Waals surface area contributed by atoms with Crippen molar-refractivity contribution in [3.63, 3.8) is 0 Å². The number of rotatable bonds is 2. The van der Waals surface area contributed by atoms with Crippen LogP contribution in [0.4, 0.5) is 14.9 Å². The molecule has 1 aliphatic rings. The van der Waals surface area contributed by atoms with Gasteiger partial charge in [-0.2, -0.15) is 0 Å². The number of amides is 2. The summed E-state index contributed by atoms with van der Waals surface area (Å²) in [6, 6.07) is 11.9. The zero-order valence-corrected chi connectivity index (χ0v) is 15.9. The van der Waals surface area contributed by atoms with Crippen LogP contribution in [0, 0.1) is 19.7 Å². The number of halogens is 1. The van der Waals surface area contributed by atoms with Gasteiger partial charge >= 0.3 is 6.03 Å². The second-order valence-electron chi connectivity index (χ2n) is 7.07. The van der Waals surface area contributed by atoms with Gasteiger partial charge in [0, 0.05) is 36.0 Å². The van der Waals surface area contributed by atoms with Gasteiger partial charge in [0.15, 0.2) is 5.82 Å². The Hall–Kier alpha value is -3.28. The maximum atomic E-state index is 13.1. The SMILES string of the molecule is Cc1ccc(NC(=O)N2CCc3nc(-c4ccc(F)cc4)ncc3C2)cc1C. The van der Waals surface area contributed by atoms with Crippen molar-refractivity contribution in [1.29, 1.82) is 0 Å². The van der Waals surface area contributed by atoms with Crippen LogP contribution in [0.5, 0.6) is 0 Å². The summed E-state index contributed by atoms with van der Waals surface area (Å²) in [5, 5.41) is 2.96. The monoisotopic (exact) mass is 376 g/mol. The number of hydrogen-bond acceptors (Lipinski definition) is 3. The fourth-order valence-corrected chi connectivity index (χ4v) is 3.25. The highest BCUT2D eigenvalue weighted by atomic mass is 19.1. The lowest BCUT2D eigenvalue weighted by Gasteiger charge is -2.28. The maximum absolute atomic E-state index is 13.1. The van der Waals surface area contributed by atoms with Gasteiger partial charge in [-0.15, -0.1) is 0 Å². The van der Waals surface area contributed by atoms with E-state index >= 15 is 0 Å². The fraction of sp³-hybridized carbons (Fsp3) is 0.227. The van der Waals surface area contributed by atoms with E-state index in [0.29, 0.717) is 25.3 Å². The van der Waals surface area contributed by atoms with Gasteiger partial charge in [0.05, 0.1) is 12.2 Å². The maximum Gasteiger partial charge on any atom is 0.322 e. The van der Waals surface area contributed by atoms with E-state index in [9.17, 15) is 9.18 Å². The Morgan fingerprint density at radius 2 is 1.89 bits per heavy atom. The summed E-state index contributed by atoms with van der Waals surface area (Å²) in [4.78, 5) is 23.4. The lowest BCUT2D eigenvalue weighted by Crippen LogP contribution is -2.39. The van der Waals surface area contributed by atoms with E-state index in [4.69, 9.17) is 0 Å². The summed E-state index contributed by atoms with van der Waals surface area (Å²) in [5.74, 6) is 0.291. The van der Waals surface area contributed by atoms with Crippen molar-refractivity contribution in [2.24, 2.45) is 0 Å². The van der Waals surface area contributed by atoms with Crippen molar-refractivity contribution < 1.29 is 9.18 Å². The summed E-state index contributed by atoms with van der Waals surface area (Å²) in [6.07, 6.45) is 2.42. The number of aromatic nitrogens is 2. The number of benzene rings is 2. The fourth-order valence-electron chi connectivity index (χ4n) is 3.25. The molecule has 0 atom stereocenters. The average Bonchev–Trinajstić information content (AvgIpc) is 2.70. The van der Waals surface area contributed by atoms with Gasteiger partial charge in [0.25, 0.3) is 0 Å². The van der Waals surface area contributed by atoms with Gasteiger partial charge in [-0.1, -0.05) is 6.07 Å². The Morgan fingerprint density at radius 1 is 1.11 bits per heavy atom. The number of nitrogens with zero attached hydrogens (tertiary/aromatic N) is 3. The minimum Gasteiger partial charge on any atom is -0.320 e. The molecule has 0 unspecified atom stereocenters. The van der Waals surface area contributed by atoms with Crippen LogP contribution in [-0.4, -0.2) is 27.4 Å². The molecule has 0 aliphatic carbocycles. The average molecular weight is 376 g/mol. The van der Waals surface area contributed by atoms with E-state index in [0.717, 1.165) is 28.1 Å². The second-order valence-corrected chi connectivity index (χ2v) is 7.07. The highest BCUT2D eigenvalue weighted by Crippen LogP contribution is 2.22. The molecule has 0 bridgehead atoms. The number of fused-ring (bicyclic) bond motifs is 1. The normalized spacial score (nSPS) is 13.2. The first-order valence-electron chi connectivity index (χ1n) is 9.23. The first-order valence-corrected chi connectivity index (χ1v) is 9.23. The molecule has 6 heteroatoms. The molecule has 1 N–H and O–H groups in total. The smallest absolute Gasteiger partial charge is 0.320 e. The van der Waals surface area contributed by atoms with E-state index in [2.05, 4.69) is 15.3 Å². The van der Waals surface area contributed by atoms with Gasteiger partial charge in [0.1, 0.15) is 5.82 Å². The van der Waals surface area contributed by atoms with Gasteiger partial charge in [-0.25, -0.2) is 19.2 Å². The number of carbonyl (C=O) groups is 1. The first-order chi connectivity index (χ1) is 13.5. The molecule has 2 heterocycles. The second kappa shape index (κ2) is 7.38. The van der Waals surface area contributed by atoms with Crippen LogP contribution < -0.4 is 5.32 Å². The van der Waals surface area contributed by atoms with Crippen molar-refractivity contribution in [2.75, 3.05) is 11.9 Å². The van der Waals surface area contributed by atoms with Crippen LogP contribution >= 0.6 is 0 Å². The summed E-state index contributed by atoms with van der Waals surface area (Å²) >= 11 is 0. The zero-order chi connectivity index (χ0) is 19.7. The van der Waals surface area contributed by atoms with Crippen LogP contribution in [-0.2, 0) is 13.0 Å². The zero-order valence-electron chi connectivity index (χ0n) is 15.9. The first kappa shape index (κ1) is 18.1. The van der Waals surface area contributed by atoms with Crippen molar-refractivity contribution in [1.82, 2.24) is 14.9 Å². The third-order valence-electron chi connectivity index (χ3n) is 5.08. The van der Waals surface area contributed by atoms with E-state index < -0.39 is 0 Å². The highest BCUT2D eigenvalue weighted by molar-refractivity contribution is 5.89. The molecule has 1 aromatic heterocycles. The van der Waals surface area contributed by atoms with Gasteiger partial charge < -0.3 is 10.2 Å². The molecule has 0 saturated carbocycles. The van der Waals surface area contributed by atoms with Gasteiger partial charge in [0.2, 0.25) is 0 Å². The van der Waals surface area contributed by atoms with Crippen LogP contribution in [0.15, 0.2) is 48.7 Å². The van der Waals surface area contributed by atoms with Gasteiger partial charge in [-0.05, 0) is 61.4 Å². The molecule has 5 nitrogen and oxygen atoms in total. The van der Waals surface area contributed by atoms with Crippen LogP contribution in [0.25, 0.3) is 11.4 Å². The molecule has 1 aliphatic heterocycles.